The van der Waals surface area contributed by atoms with Crippen LogP contribution in [0.2, 0.25) is 0 Å². The van der Waals surface area contributed by atoms with Gasteiger partial charge in [-0.05, 0) is 96.9 Å². The molecule has 0 fully saturated rings. The summed E-state index contributed by atoms with van der Waals surface area (Å²) in [6.07, 6.45) is 7.45. The molecule has 0 aliphatic carbocycles. The monoisotopic (exact) mass is 601 g/mol. The number of hydrogen-bond donors (Lipinski definition) is 0. The molecule has 47 heavy (non-hydrogen) atoms. The van der Waals surface area contributed by atoms with E-state index in [1.54, 1.807) is 11.0 Å². The first-order valence-electron chi connectivity index (χ1n) is 15.6. The molecule has 0 aliphatic heterocycles. The molecule has 0 saturated heterocycles. The van der Waals surface area contributed by atoms with Crippen LogP contribution in [-0.2, 0) is 0 Å². The molecule has 5 heteroatoms. The van der Waals surface area contributed by atoms with Crippen molar-refractivity contribution in [1.82, 2.24) is 25.0 Å². The topological polar surface area (TPSA) is 56.5 Å². The fourth-order valence-corrected chi connectivity index (χ4v) is 6.62. The summed E-state index contributed by atoms with van der Waals surface area (Å²) in [5.74, 6) is 0. The SMILES string of the molecule is c1cncc(-c2ccc(-c3ccc4nn(-c5ccc(-c6c7ccccc7c(-c7cccnc7)c7ccccc67)cc5)nc4c3)cc2)c1. The number of pyridine rings is 2. The van der Waals surface area contributed by atoms with E-state index in [4.69, 9.17) is 10.2 Å². The Kier molecular flexibility index (Phi) is 6.39. The Hall–Kier alpha value is -6.46. The van der Waals surface area contributed by atoms with Gasteiger partial charge < -0.3 is 0 Å². The van der Waals surface area contributed by atoms with E-state index in [0.29, 0.717) is 0 Å². The zero-order valence-corrected chi connectivity index (χ0v) is 25.3. The van der Waals surface area contributed by atoms with Gasteiger partial charge in [-0.15, -0.1) is 10.2 Å². The molecule has 0 amide bonds. The van der Waals surface area contributed by atoms with E-state index in [0.717, 1.165) is 50.1 Å². The summed E-state index contributed by atoms with van der Waals surface area (Å²) in [7, 11) is 0. The predicted octanol–water partition coefficient (Wildman–Crippen LogP) is 10.2. The van der Waals surface area contributed by atoms with E-state index in [2.05, 4.69) is 131 Å². The molecule has 9 aromatic rings. The molecule has 9 rings (SSSR count). The van der Waals surface area contributed by atoms with Crippen molar-refractivity contribution in [2.45, 2.75) is 0 Å². The lowest BCUT2D eigenvalue weighted by Gasteiger charge is -2.17. The van der Waals surface area contributed by atoms with Gasteiger partial charge in [0.05, 0.1) is 5.69 Å². The van der Waals surface area contributed by atoms with Crippen LogP contribution in [0, 0.1) is 0 Å². The Morgan fingerprint density at radius 1 is 0.362 bits per heavy atom. The van der Waals surface area contributed by atoms with Crippen molar-refractivity contribution in [1.29, 1.82) is 0 Å². The van der Waals surface area contributed by atoms with E-state index in [9.17, 15) is 0 Å². The van der Waals surface area contributed by atoms with Crippen LogP contribution in [0.4, 0.5) is 0 Å². The quantitative estimate of drug-likeness (QED) is 0.184. The molecule has 0 spiro atoms. The van der Waals surface area contributed by atoms with Crippen molar-refractivity contribution in [2.75, 3.05) is 0 Å². The largest absolute Gasteiger partial charge is 0.264 e. The Labute approximate surface area is 271 Å². The predicted molar refractivity (Wildman–Crippen MR) is 191 cm³/mol. The number of aromatic nitrogens is 5. The van der Waals surface area contributed by atoms with E-state index in [1.807, 2.05) is 36.8 Å². The molecule has 0 bridgehead atoms. The molecule has 220 valence electrons. The molecule has 0 aliphatic rings. The average Bonchev–Trinajstić information content (AvgIpc) is 3.58. The molecular formula is C42H27N5. The summed E-state index contributed by atoms with van der Waals surface area (Å²) in [5.41, 5.74) is 11.8. The summed E-state index contributed by atoms with van der Waals surface area (Å²) >= 11 is 0. The van der Waals surface area contributed by atoms with Crippen LogP contribution >= 0.6 is 0 Å². The van der Waals surface area contributed by atoms with Crippen LogP contribution < -0.4 is 0 Å². The second-order valence-corrected chi connectivity index (χ2v) is 11.6. The maximum Gasteiger partial charge on any atom is 0.114 e. The van der Waals surface area contributed by atoms with E-state index < -0.39 is 0 Å². The van der Waals surface area contributed by atoms with Gasteiger partial charge in [-0.25, -0.2) is 0 Å². The van der Waals surface area contributed by atoms with Gasteiger partial charge in [-0.2, -0.15) is 4.80 Å². The lowest BCUT2D eigenvalue weighted by atomic mass is 9.86. The van der Waals surface area contributed by atoms with Gasteiger partial charge in [0.1, 0.15) is 11.0 Å². The minimum Gasteiger partial charge on any atom is -0.264 e. The lowest BCUT2D eigenvalue weighted by molar-refractivity contribution is 0.766. The molecule has 0 radical (unpaired) electrons. The first-order chi connectivity index (χ1) is 23.3. The van der Waals surface area contributed by atoms with Gasteiger partial charge >= 0.3 is 0 Å². The Morgan fingerprint density at radius 3 is 1.43 bits per heavy atom. The fraction of sp³-hybridized carbons (Fsp3) is 0. The van der Waals surface area contributed by atoms with Crippen molar-refractivity contribution < 1.29 is 0 Å². The molecule has 5 nitrogen and oxygen atoms in total. The Balaban J connectivity index is 1.08. The fourth-order valence-electron chi connectivity index (χ4n) is 6.62. The third kappa shape index (κ3) is 4.73. The van der Waals surface area contributed by atoms with E-state index in [1.165, 1.54) is 32.7 Å². The van der Waals surface area contributed by atoms with Crippen molar-refractivity contribution in [3.05, 3.63) is 164 Å². The van der Waals surface area contributed by atoms with Crippen LogP contribution in [0.25, 0.3) is 82.8 Å². The third-order valence-corrected chi connectivity index (χ3v) is 8.86. The van der Waals surface area contributed by atoms with Crippen LogP contribution in [0.1, 0.15) is 0 Å². The highest BCUT2D eigenvalue weighted by molar-refractivity contribution is 6.21. The zero-order chi connectivity index (χ0) is 31.2. The second-order valence-electron chi connectivity index (χ2n) is 11.6. The summed E-state index contributed by atoms with van der Waals surface area (Å²) in [5, 5.41) is 14.5. The number of nitrogens with zero attached hydrogens (tertiary/aromatic N) is 5. The summed E-state index contributed by atoms with van der Waals surface area (Å²) < 4.78 is 0. The average molecular weight is 602 g/mol. The first kappa shape index (κ1) is 26.9. The molecule has 0 atom stereocenters. The van der Waals surface area contributed by atoms with Crippen molar-refractivity contribution in [2.24, 2.45) is 0 Å². The highest BCUT2D eigenvalue weighted by atomic mass is 15.5. The molecule has 0 unspecified atom stereocenters. The van der Waals surface area contributed by atoms with Gasteiger partial charge in [0, 0.05) is 30.4 Å². The number of fused-ring (bicyclic) bond motifs is 3. The van der Waals surface area contributed by atoms with Crippen LogP contribution in [0.15, 0.2) is 164 Å². The first-order valence-corrected chi connectivity index (χ1v) is 15.6. The van der Waals surface area contributed by atoms with Crippen LogP contribution in [0.5, 0.6) is 0 Å². The lowest BCUT2D eigenvalue weighted by Crippen LogP contribution is -1.98. The summed E-state index contributed by atoms with van der Waals surface area (Å²) in [6, 6.07) is 48.8. The smallest absolute Gasteiger partial charge is 0.114 e. The number of benzene rings is 6. The molecule has 3 heterocycles. The Morgan fingerprint density at radius 2 is 0.851 bits per heavy atom. The molecular weight excluding hydrogens is 574 g/mol. The maximum absolute atomic E-state index is 4.87. The normalized spacial score (nSPS) is 11.4. The number of rotatable bonds is 5. The highest BCUT2D eigenvalue weighted by Gasteiger charge is 2.17. The van der Waals surface area contributed by atoms with Crippen molar-refractivity contribution in [3.8, 4) is 50.2 Å². The molecule has 3 aromatic heterocycles. The van der Waals surface area contributed by atoms with Gasteiger partial charge in [0.15, 0.2) is 0 Å². The van der Waals surface area contributed by atoms with Crippen molar-refractivity contribution in [3.63, 3.8) is 0 Å². The summed E-state index contributed by atoms with van der Waals surface area (Å²) in [6.45, 7) is 0. The van der Waals surface area contributed by atoms with Gasteiger partial charge in [-0.1, -0.05) is 103 Å². The minimum absolute atomic E-state index is 0.853. The molecule has 6 aromatic carbocycles. The number of hydrogen-bond acceptors (Lipinski definition) is 4. The van der Waals surface area contributed by atoms with Gasteiger partial charge in [-0.3, -0.25) is 9.97 Å². The highest BCUT2D eigenvalue weighted by Crippen LogP contribution is 2.43. The minimum atomic E-state index is 0.853. The summed E-state index contributed by atoms with van der Waals surface area (Å²) in [4.78, 5) is 10.4. The van der Waals surface area contributed by atoms with Crippen LogP contribution in [0.3, 0.4) is 0 Å². The van der Waals surface area contributed by atoms with E-state index in [-0.39, 0.29) is 0 Å². The second kappa shape index (κ2) is 11.2. The Bertz CT molecular complexity index is 2480. The zero-order valence-electron chi connectivity index (χ0n) is 25.3. The van der Waals surface area contributed by atoms with Crippen molar-refractivity contribution >= 4 is 32.6 Å². The van der Waals surface area contributed by atoms with Gasteiger partial charge in [0.2, 0.25) is 0 Å². The maximum atomic E-state index is 4.87. The standard InChI is InChI=1S/C42H27N5/c1-3-11-37-35(9-1)41(36-10-2-4-12-38(36)42(37)33-8-6-24-44-27-33)30-17-20-34(21-18-30)47-45-39-22-19-31(25-40(39)46-47)28-13-15-29(16-14-28)32-7-5-23-43-26-32/h1-27H. The van der Waals surface area contributed by atoms with Gasteiger partial charge in [0.25, 0.3) is 0 Å². The molecule has 0 saturated carbocycles. The van der Waals surface area contributed by atoms with Crippen LogP contribution in [-0.4, -0.2) is 25.0 Å². The molecule has 0 N–H and O–H groups in total. The third-order valence-electron chi connectivity index (χ3n) is 8.86. The van der Waals surface area contributed by atoms with E-state index >= 15 is 0 Å².